The van der Waals surface area contributed by atoms with Gasteiger partial charge < -0.3 is 5.11 Å². The summed E-state index contributed by atoms with van der Waals surface area (Å²) in [7, 11) is 0. The van der Waals surface area contributed by atoms with Crippen LogP contribution < -0.4 is 0 Å². The van der Waals surface area contributed by atoms with Crippen LogP contribution in [-0.4, -0.2) is 10.0 Å². The quantitative estimate of drug-likeness (QED) is 0.531. The fourth-order valence-electron chi connectivity index (χ4n) is 1.06. The molecule has 0 aromatic heterocycles. The van der Waals surface area contributed by atoms with Crippen molar-refractivity contribution in [1.29, 1.82) is 0 Å². The van der Waals surface area contributed by atoms with Crippen molar-refractivity contribution < 1.29 is 5.11 Å². The third-order valence-corrected chi connectivity index (χ3v) is 2.51. The van der Waals surface area contributed by atoms with E-state index in [1.165, 1.54) is 0 Å². The van der Waals surface area contributed by atoms with Gasteiger partial charge in [0.25, 0.3) is 0 Å². The monoisotopic (exact) mass is 182 g/mol. The molecule has 0 aliphatic rings. The second-order valence-corrected chi connectivity index (χ2v) is 4.13. The van der Waals surface area contributed by atoms with Crippen molar-refractivity contribution in [3.63, 3.8) is 0 Å². The van der Waals surface area contributed by atoms with Crippen LogP contribution in [0, 0.1) is 0 Å². The highest BCUT2D eigenvalue weighted by atomic mass is 32.1. The minimum absolute atomic E-state index is 0.0435. The fourth-order valence-corrected chi connectivity index (χ4v) is 1.21. The Morgan fingerprint density at radius 1 is 1.33 bits per heavy atom. The molecule has 0 aliphatic carbocycles. The second-order valence-electron chi connectivity index (χ2n) is 3.23. The molecule has 0 aliphatic heterocycles. The third kappa shape index (κ3) is 2.26. The molecule has 2 atom stereocenters. The van der Waals surface area contributed by atoms with Crippen molar-refractivity contribution >= 4 is 12.6 Å². The summed E-state index contributed by atoms with van der Waals surface area (Å²) < 4.78 is 0. The van der Waals surface area contributed by atoms with Crippen molar-refractivity contribution in [3.05, 3.63) is 35.9 Å². The van der Waals surface area contributed by atoms with Gasteiger partial charge >= 0.3 is 0 Å². The van der Waals surface area contributed by atoms with Gasteiger partial charge in [0.05, 0.1) is 0 Å². The van der Waals surface area contributed by atoms with Crippen molar-refractivity contribution in [2.24, 2.45) is 0 Å². The topological polar surface area (TPSA) is 20.2 Å². The average molecular weight is 182 g/mol. The molecule has 1 aromatic carbocycles. The minimum atomic E-state index is -0.943. The zero-order chi connectivity index (χ0) is 9.19. The van der Waals surface area contributed by atoms with Crippen molar-refractivity contribution in [1.82, 2.24) is 0 Å². The van der Waals surface area contributed by atoms with E-state index in [-0.39, 0.29) is 5.92 Å². The molecule has 0 fully saturated rings. The first kappa shape index (κ1) is 9.62. The van der Waals surface area contributed by atoms with Crippen LogP contribution in [0.25, 0.3) is 0 Å². The second kappa shape index (κ2) is 3.50. The first-order valence-electron chi connectivity index (χ1n) is 4.01. The largest absolute Gasteiger partial charge is 0.379 e. The van der Waals surface area contributed by atoms with Gasteiger partial charge in [0.15, 0.2) is 0 Å². The minimum Gasteiger partial charge on any atom is -0.379 e. The number of hydrogen-bond donors (Lipinski definition) is 2. The summed E-state index contributed by atoms with van der Waals surface area (Å²) in [4.78, 5) is -0.943. The Balaban J connectivity index is 2.86. The van der Waals surface area contributed by atoms with Crippen LogP contribution in [0.4, 0.5) is 0 Å². The molecule has 2 heteroatoms. The number of rotatable bonds is 2. The van der Waals surface area contributed by atoms with E-state index in [4.69, 9.17) is 0 Å². The number of thiol groups is 1. The molecule has 0 amide bonds. The first-order valence-corrected chi connectivity index (χ1v) is 4.46. The van der Waals surface area contributed by atoms with Gasteiger partial charge in [0.2, 0.25) is 0 Å². The molecule has 0 spiro atoms. The molecule has 1 nitrogen and oxygen atoms in total. The Bertz CT molecular complexity index is 238. The van der Waals surface area contributed by atoms with Gasteiger partial charge in [-0.25, -0.2) is 0 Å². The third-order valence-electron chi connectivity index (χ3n) is 2.12. The van der Waals surface area contributed by atoms with Crippen LogP contribution >= 0.6 is 12.6 Å². The van der Waals surface area contributed by atoms with Crippen LogP contribution in [0.2, 0.25) is 0 Å². The number of hydrogen-bond acceptors (Lipinski definition) is 2. The van der Waals surface area contributed by atoms with E-state index >= 15 is 0 Å². The maximum Gasteiger partial charge on any atom is 0.111 e. The lowest BCUT2D eigenvalue weighted by atomic mass is 9.96. The Morgan fingerprint density at radius 3 is 2.25 bits per heavy atom. The molecule has 1 N–H and O–H groups in total. The van der Waals surface area contributed by atoms with Gasteiger partial charge in [-0.15, -0.1) is 12.6 Å². The normalized spacial score (nSPS) is 18.3. The number of aliphatic hydroxyl groups is 1. The van der Waals surface area contributed by atoms with Crippen LogP contribution in [0.5, 0.6) is 0 Å². The Labute approximate surface area is 78.8 Å². The molecular weight excluding hydrogens is 168 g/mol. The summed E-state index contributed by atoms with van der Waals surface area (Å²) in [6, 6.07) is 9.88. The summed E-state index contributed by atoms with van der Waals surface area (Å²) >= 11 is 4.12. The first-order chi connectivity index (χ1) is 5.52. The molecule has 2 unspecified atom stereocenters. The van der Waals surface area contributed by atoms with E-state index in [1.54, 1.807) is 6.92 Å². The maximum atomic E-state index is 9.60. The van der Waals surface area contributed by atoms with Gasteiger partial charge in [-0.3, -0.25) is 0 Å². The highest BCUT2D eigenvalue weighted by molar-refractivity contribution is 7.81. The van der Waals surface area contributed by atoms with Crippen molar-refractivity contribution in [2.75, 3.05) is 0 Å². The number of benzene rings is 1. The predicted octanol–water partition coefficient (Wildman–Crippen LogP) is 2.43. The molecule has 12 heavy (non-hydrogen) atoms. The van der Waals surface area contributed by atoms with Crippen molar-refractivity contribution in [2.45, 2.75) is 24.7 Å². The zero-order valence-electron chi connectivity index (χ0n) is 7.36. The summed E-state index contributed by atoms with van der Waals surface area (Å²) in [6.45, 7) is 3.66. The highest BCUT2D eigenvalue weighted by Crippen LogP contribution is 2.29. The van der Waals surface area contributed by atoms with E-state index in [1.807, 2.05) is 37.3 Å². The lowest BCUT2D eigenvalue weighted by Gasteiger charge is -2.24. The molecule has 0 saturated carbocycles. The Kier molecular flexibility index (Phi) is 2.80. The molecule has 1 rings (SSSR count). The lowest BCUT2D eigenvalue weighted by molar-refractivity contribution is 0.134. The molecular formula is C10H14OS. The van der Waals surface area contributed by atoms with E-state index in [0.717, 1.165) is 5.56 Å². The van der Waals surface area contributed by atoms with Crippen molar-refractivity contribution in [3.8, 4) is 0 Å². The van der Waals surface area contributed by atoms with E-state index in [9.17, 15) is 5.11 Å². The summed E-state index contributed by atoms with van der Waals surface area (Å²) in [5.41, 5.74) is 1.11. The molecule has 66 valence electrons. The standard InChI is InChI=1S/C10H14OS/c1-8(10(2,11)12)9-6-4-3-5-7-9/h3-8,11-12H,1-2H3. The molecule has 0 heterocycles. The van der Waals surface area contributed by atoms with Gasteiger partial charge in [0.1, 0.15) is 4.93 Å². The van der Waals surface area contributed by atoms with Gasteiger partial charge in [-0.1, -0.05) is 37.3 Å². The Morgan fingerprint density at radius 2 is 1.83 bits per heavy atom. The summed E-state index contributed by atoms with van der Waals surface area (Å²) in [5, 5.41) is 9.60. The zero-order valence-corrected chi connectivity index (χ0v) is 8.25. The summed E-state index contributed by atoms with van der Waals surface area (Å²) in [6.07, 6.45) is 0. The van der Waals surface area contributed by atoms with E-state index in [0.29, 0.717) is 0 Å². The van der Waals surface area contributed by atoms with Crippen LogP contribution in [0.3, 0.4) is 0 Å². The average Bonchev–Trinajstić information content (AvgIpc) is 2.03. The molecule has 0 radical (unpaired) electrons. The fraction of sp³-hybridized carbons (Fsp3) is 0.400. The SMILES string of the molecule is CC(c1ccccc1)C(C)(O)S. The van der Waals surface area contributed by atoms with E-state index < -0.39 is 4.93 Å². The van der Waals surface area contributed by atoms with E-state index in [2.05, 4.69) is 12.6 Å². The van der Waals surface area contributed by atoms with Gasteiger partial charge in [0, 0.05) is 5.92 Å². The maximum absolute atomic E-state index is 9.60. The predicted molar refractivity (Wildman–Crippen MR) is 54.5 cm³/mol. The smallest absolute Gasteiger partial charge is 0.111 e. The summed E-state index contributed by atoms with van der Waals surface area (Å²) in [5.74, 6) is 0.0435. The molecule has 0 bridgehead atoms. The van der Waals surface area contributed by atoms with Gasteiger partial charge in [-0.2, -0.15) is 0 Å². The molecule has 0 saturated heterocycles. The Hall–Kier alpha value is -0.470. The molecule has 1 aromatic rings. The lowest BCUT2D eigenvalue weighted by Crippen LogP contribution is -2.23. The van der Waals surface area contributed by atoms with Crippen LogP contribution in [-0.2, 0) is 0 Å². The van der Waals surface area contributed by atoms with Crippen LogP contribution in [0.1, 0.15) is 25.3 Å². The van der Waals surface area contributed by atoms with Crippen LogP contribution in [0.15, 0.2) is 30.3 Å². The highest BCUT2D eigenvalue weighted by Gasteiger charge is 2.24. The van der Waals surface area contributed by atoms with Gasteiger partial charge in [-0.05, 0) is 12.5 Å².